The zero-order valence-electron chi connectivity index (χ0n) is 12.6. The smallest absolute Gasteiger partial charge is 0.191 e. The van der Waals surface area contributed by atoms with Crippen LogP contribution in [-0.4, -0.2) is 29.3 Å². The predicted molar refractivity (Wildman–Crippen MR) is 91.6 cm³/mol. The van der Waals surface area contributed by atoms with Crippen molar-refractivity contribution < 1.29 is 0 Å². The molecular formula is C15H19Cl2N5. The van der Waals surface area contributed by atoms with Crippen molar-refractivity contribution in [2.75, 3.05) is 13.6 Å². The highest BCUT2D eigenvalue weighted by Crippen LogP contribution is 2.20. The molecule has 0 bridgehead atoms. The summed E-state index contributed by atoms with van der Waals surface area (Å²) in [6.07, 6.45) is 3.85. The largest absolute Gasteiger partial charge is 0.355 e. The molecule has 0 aliphatic rings. The molecule has 7 heteroatoms. The maximum atomic E-state index is 6.15. The van der Waals surface area contributed by atoms with E-state index in [-0.39, 0.29) is 0 Å². The third kappa shape index (κ3) is 4.93. The average Bonchev–Trinajstić information content (AvgIpc) is 2.89. The zero-order valence-corrected chi connectivity index (χ0v) is 14.1. The highest BCUT2D eigenvalue weighted by Gasteiger charge is 2.03. The van der Waals surface area contributed by atoms with Crippen LogP contribution in [0.15, 0.2) is 35.6 Å². The Balaban J connectivity index is 1.80. The summed E-state index contributed by atoms with van der Waals surface area (Å²) in [7, 11) is 1.73. The molecule has 0 radical (unpaired) electrons. The minimum Gasteiger partial charge on any atom is -0.355 e. The van der Waals surface area contributed by atoms with Gasteiger partial charge in [0.1, 0.15) is 0 Å². The van der Waals surface area contributed by atoms with Crippen molar-refractivity contribution in [1.82, 2.24) is 20.4 Å². The maximum absolute atomic E-state index is 6.15. The number of hydrogen-bond acceptors (Lipinski definition) is 2. The van der Waals surface area contributed by atoms with E-state index >= 15 is 0 Å². The van der Waals surface area contributed by atoms with Crippen LogP contribution < -0.4 is 10.6 Å². The molecule has 0 atom stereocenters. The van der Waals surface area contributed by atoms with Crippen LogP contribution in [-0.2, 0) is 13.1 Å². The van der Waals surface area contributed by atoms with Crippen LogP contribution in [0, 0.1) is 6.92 Å². The molecular weight excluding hydrogens is 321 g/mol. The van der Waals surface area contributed by atoms with Crippen molar-refractivity contribution in [3.8, 4) is 0 Å². The standard InChI is InChI=1S/C15H19Cl2N5/c1-11-8-21-22(10-11)6-5-19-15(18-2)20-9-12-3-4-13(16)7-14(12)17/h3-4,7-8,10H,5-6,9H2,1-2H3,(H2,18,19,20). The molecule has 0 unspecified atom stereocenters. The number of rotatable bonds is 5. The molecule has 0 saturated heterocycles. The monoisotopic (exact) mass is 339 g/mol. The molecule has 0 amide bonds. The first-order chi connectivity index (χ1) is 10.6. The van der Waals surface area contributed by atoms with Crippen LogP contribution in [0.5, 0.6) is 0 Å². The van der Waals surface area contributed by atoms with Crippen LogP contribution >= 0.6 is 23.2 Å². The van der Waals surface area contributed by atoms with Gasteiger partial charge in [0.25, 0.3) is 0 Å². The van der Waals surface area contributed by atoms with E-state index in [1.807, 2.05) is 36.1 Å². The van der Waals surface area contributed by atoms with E-state index in [0.717, 1.165) is 30.2 Å². The number of aryl methyl sites for hydroxylation is 1. The first kappa shape index (κ1) is 16.6. The fraction of sp³-hybridized carbons (Fsp3) is 0.333. The second kappa shape index (κ2) is 8.06. The molecule has 22 heavy (non-hydrogen) atoms. The Bertz CT molecular complexity index is 651. The Labute approximate surface area is 140 Å². The van der Waals surface area contributed by atoms with Crippen molar-refractivity contribution in [2.24, 2.45) is 4.99 Å². The van der Waals surface area contributed by atoms with E-state index in [0.29, 0.717) is 16.6 Å². The van der Waals surface area contributed by atoms with E-state index in [1.165, 1.54) is 0 Å². The molecule has 0 aliphatic heterocycles. The molecule has 0 spiro atoms. The second-order valence-corrected chi connectivity index (χ2v) is 5.71. The minimum absolute atomic E-state index is 0.580. The molecule has 1 aromatic heterocycles. The molecule has 1 aromatic carbocycles. The van der Waals surface area contributed by atoms with Gasteiger partial charge in [0.2, 0.25) is 0 Å². The predicted octanol–water partition coefficient (Wildman–Crippen LogP) is 2.86. The number of hydrogen-bond donors (Lipinski definition) is 2. The number of aromatic nitrogens is 2. The van der Waals surface area contributed by atoms with E-state index in [2.05, 4.69) is 20.7 Å². The summed E-state index contributed by atoms with van der Waals surface area (Å²) in [5.74, 6) is 0.717. The average molecular weight is 340 g/mol. The lowest BCUT2D eigenvalue weighted by Gasteiger charge is -2.12. The van der Waals surface area contributed by atoms with Crippen LogP contribution in [0.3, 0.4) is 0 Å². The third-order valence-corrected chi connectivity index (χ3v) is 3.67. The Morgan fingerprint density at radius 3 is 2.77 bits per heavy atom. The molecule has 2 N–H and O–H groups in total. The van der Waals surface area contributed by atoms with E-state index < -0.39 is 0 Å². The Morgan fingerprint density at radius 2 is 2.14 bits per heavy atom. The van der Waals surface area contributed by atoms with Gasteiger partial charge in [0.15, 0.2) is 5.96 Å². The lowest BCUT2D eigenvalue weighted by atomic mass is 10.2. The summed E-state index contributed by atoms with van der Waals surface area (Å²) in [5, 5.41) is 12.0. The SMILES string of the molecule is CN=C(NCCn1cc(C)cn1)NCc1ccc(Cl)cc1Cl. The molecule has 118 valence electrons. The lowest BCUT2D eigenvalue weighted by molar-refractivity contribution is 0.597. The zero-order chi connectivity index (χ0) is 15.9. The van der Waals surface area contributed by atoms with Crippen molar-refractivity contribution in [1.29, 1.82) is 0 Å². The van der Waals surface area contributed by atoms with Gasteiger partial charge < -0.3 is 10.6 Å². The number of benzene rings is 1. The van der Waals surface area contributed by atoms with E-state index in [1.54, 1.807) is 13.1 Å². The second-order valence-electron chi connectivity index (χ2n) is 4.87. The Kier molecular flexibility index (Phi) is 6.10. The quantitative estimate of drug-likeness (QED) is 0.650. The minimum atomic E-state index is 0.580. The van der Waals surface area contributed by atoms with Crippen molar-refractivity contribution in [2.45, 2.75) is 20.0 Å². The fourth-order valence-corrected chi connectivity index (χ4v) is 2.42. The summed E-state index contributed by atoms with van der Waals surface area (Å²) >= 11 is 12.0. The normalized spacial score (nSPS) is 11.5. The van der Waals surface area contributed by atoms with Crippen LogP contribution in [0.25, 0.3) is 0 Å². The number of nitrogens with zero attached hydrogens (tertiary/aromatic N) is 3. The van der Waals surface area contributed by atoms with Gasteiger partial charge in [-0.05, 0) is 30.2 Å². The summed E-state index contributed by atoms with van der Waals surface area (Å²) in [4.78, 5) is 4.18. The van der Waals surface area contributed by atoms with Crippen molar-refractivity contribution >= 4 is 29.2 Å². The molecule has 1 heterocycles. The number of halogens is 2. The van der Waals surface area contributed by atoms with Crippen LogP contribution in [0.2, 0.25) is 10.0 Å². The van der Waals surface area contributed by atoms with Gasteiger partial charge in [0.05, 0.1) is 12.7 Å². The molecule has 0 saturated carbocycles. The van der Waals surface area contributed by atoms with Gasteiger partial charge in [-0.25, -0.2) is 0 Å². The highest BCUT2D eigenvalue weighted by molar-refractivity contribution is 6.35. The summed E-state index contributed by atoms with van der Waals surface area (Å²) in [5.41, 5.74) is 2.12. The van der Waals surface area contributed by atoms with Gasteiger partial charge in [-0.2, -0.15) is 5.10 Å². The first-order valence-corrected chi connectivity index (χ1v) is 7.71. The fourth-order valence-electron chi connectivity index (χ4n) is 1.94. The molecule has 2 aromatic rings. The summed E-state index contributed by atoms with van der Waals surface area (Å²) in [6, 6.07) is 5.45. The van der Waals surface area contributed by atoms with Crippen molar-refractivity contribution in [3.63, 3.8) is 0 Å². The Morgan fingerprint density at radius 1 is 1.32 bits per heavy atom. The van der Waals surface area contributed by atoms with Gasteiger partial charge in [-0.1, -0.05) is 29.3 Å². The third-order valence-electron chi connectivity index (χ3n) is 3.08. The topological polar surface area (TPSA) is 54.2 Å². The maximum Gasteiger partial charge on any atom is 0.191 e. The van der Waals surface area contributed by atoms with E-state index in [9.17, 15) is 0 Å². The molecule has 0 fully saturated rings. The van der Waals surface area contributed by atoms with Gasteiger partial charge in [0, 0.05) is 36.4 Å². The summed E-state index contributed by atoms with van der Waals surface area (Å²) in [6.45, 7) is 4.11. The molecule has 5 nitrogen and oxygen atoms in total. The van der Waals surface area contributed by atoms with Gasteiger partial charge >= 0.3 is 0 Å². The van der Waals surface area contributed by atoms with Crippen LogP contribution in [0.4, 0.5) is 0 Å². The van der Waals surface area contributed by atoms with Crippen molar-refractivity contribution in [3.05, 3.63) is 51.8 Å². The molecule has 0 aliphatic carbocycles. The first-order valence-electron chi connectivity index (χ1n) is 6.96. The van der Waals surface area contributed by atoms with Gasteiger partial charge in [-0.3, -0.25) is 9.67 Å². The summed E-state index contributed by atoms with van der Waals surface area (Å²) < 4.78 is 1.89. The van der Waals surface area contributed by atoms with E-state index in [4.69, 9.17) is 23.2 Å². The van der Waals surface area contributed by atoms with Gasteiger partial charge in [-0.15, -0.1) is 0 Å². The Hall–Kier alpha value is -1.72. The molecule has 2 rings (SSSR count). The number of aliphatic imine (C=N–C) groups is 1. The number of guanidine groups is 1. The number of nitrogens with one attached hydrogen (secondary N) is 2. The lowest BCUT2D eigenvalue weighted by Crippen LogP contribution is -2.38. The van der Waals surface area contributed by atoms with Crippen LogP contribution in [0.1, 0.15) is 11.1 Å². The highest BCUT2D eigenvalue weighted by atomic mass is 35.5.